The van der Waals surface area contributed by atoms with Gasteiger partial charge >= 0.3 is 5.97 Å². The fraction of sp³-hybridized carbons (Fsp3) is 0.538. The van der Waals surface area contributed by atoms with Gasteiger partial charge in [-0.25, -0.2) is 9.78 Å². The van der Waals surface area contributed by atoms with Crippen molar-refractivity contribution in [2.75, 3.05) is 11.9 Å². The molecule has 2 aliphatic rings. The van der Waals surface area contributed by atoms with Crippen molar-refractivity contribution < 1.29 is 14.6 Å². The molecule has 5 nitrogen and oxygen atoms in total. The molecule has 0 amide bonds. The van der Waals surface area contributed by atoms with Crippen molar-refractivity contribution in [3.8, 4) is 0 Å². The predicted octanol–water partition coefficient (Wildman–Crippen LogP) is 2.41. The third-order valence-corrected chi connectivity index (χ3v) is 3.85. The summed E-state index contributed by atoms with van der Waals surface area (Å²) in [6, 6.07) is 3.08. The van der Waals surface area contributed by atoms with E-state index < -0.39 is 5.97 Å². The van der Waals surface area contributed by atoms with Gasteiger partial charge < -0.3 is 15.2 Å². The van der Waals surface area contributed by atoms with Gasteiger partial charge in [-0.05, 0) is 37.3 Å². The van der Waals surface area contributed by atoms with Crippen LogP contribution in [0.5, 0.6) is 0 Å². The van der Waals surface area contributed by atoms with Crippen molar-refractivity contribution in [2.24, 2.45) is 5.92 Å². The second kappa shape index (κ2) is 4.98. The molecule has 1 saturated heterocycles. The Kier molecular flexibility index (Phi) is 3.33. The number of carboxylic acids is 1. The molecule has 1 saturated carbocycles. The molecule has 2 heterocycles. The first-order chi connectivity index (χ1) is 9.15. The molecule has 2 unspecified atom stereocenters. The van der Waals surface area contributed by atoms with Gasteiger partial charge in [0.25, 0.3) is 0 Å². The van der Waals surface area contributed by atoms with Crippen molar-refractivity contribution in [2.45, 2.75) is 31.4 Å². The molecule has 19 heavy (non-hydrogen) atoms. The quantitative estimate of drug-likeness (QED) is 0.830. The lowest BCUT2D eigenvalue weighted by Gasteiger charge is -2.20. The fourth-order valence-corrected chi connectivity index (χ4v) is 2.70. The minimum Gasteiger partial charge on any atom is -0.478 e. The van der Waals surface area contributed by atoms with E-state index in [2.05, 4.69) is 10.3 Å². The number of halogens is 1. The minimum absolute atomic E-state index is 0.122. The molecule has 0 radical (unpaired) electrons. The lowest BCUT2D eigenvalue weighted by Crippen LogP contribution is -2.32. The van der Waals surface area contributed by atoms with Gasteiger partial charge in [0, 0.05) is 6.61 Å². The normalized spacial score (nSPS) is 26.4. The number of nitrogens with one attached hydrogen (secondary N) is 1. The van der Waals surface area contributed by atoms with E-state index in [1.807, 2.05) is 0 Å². The van der Waals surface area contributed by atoms with Gasteiger partial charge in [-0.3, -0.25) is 0 Å². The van der Waals surface area contributed by atoms with E-state index >= 15 is 0 Å². The fourth-order valence-electron chi connectivity index (χ4n) is 2.55. The first kappa shape index (κ1) is 12.7. The second-order valence-electron chi connectivity index (χ2n) is 5.05. The number of aromatic nitrogens is 1. The maximum Gasteiger partial charge on any atom is 0.339 e. The summed E-state index contributed by atoms with van der Waals surface area (Å²) >= 11 is 5.84. The minimum atomic E-state index is -1.01. The summed E-state index contributed by atoms with van der Waals surface area (Å²) in [5, 5.41) is 12.7. The Morgan fingerprint density at radius 1 is 1.42 bits per heavy atom. The SMILES string of the molecule is O=C(O)c1ccc(Cl)nc1NC1CCOC1C1CC1. The van der Waals surface area contributed by atoms with E-state index in [1.54, 1.807) is 0 Å². The standard InChI is InChI=1S/C13H15ClN2O3/c14-10-4-3-8(13(17)18)12(16-10)15-9-5-6-19-11(9)7-1-2-7/h3-4,7,9,11H,1-2,5-6H2,(H,15,16)(H,17,18). The molecular weight excluding hydrogens is 268 g/mol. The van der Waals surface area contributed by atoms with Gasteiger partial charge in [0.1, 0.15) is 16.5 Å². The largest absolute Gasteiger partial charge is 0.478 e. The number of pyridine rings is 1. The smallest absolute Gasteiger partial charge is 0.339 e. The summed E-state index contributed by atoms with van der Waals surface area (Å²) < 4.78 is 5.72. The van der Waals surface area contributed by atoms with Crippen LogP contribution in [0.1, 0.15) is 29.6 Å². The number of anilines is 1. The highest BCUT2D eigenvalue weighted by molar-refractivity contribution is 6.29. The molecule has 1 aliphatic heterocycles. The average Bonchev–Trinajstić information content (AvgIpc) is 3.10. The molecule has 0 spiro atoms. The van der Waals surface area contributed by atoms with Gasteiger partial charge in [0.15, 0.2) is 0 Å². The van der Waals surface area contributed by atoms with E-state index in [0.717, 1.165) is 6.42 Å². The molecule has 1 aromatic heterocycles. The average molecular weight is 283 g/mol. The summed E-state index contributed by atoms with van der Waals surface area (Å²) in [6.07, 6.45) is 3.42. The highest BCUT2D eigenvalue weighted by atomic mass is 35.5. The Labute approximate surface area is 115 Å². The molecule has 2 atom stereocenters. The summed E-state index contributed by atoms with van der Waals surface area (Å²) in [7, 11) is 0. The number of ether oxygens (including phenoxy) is 1. The number of aromatic carboxylic acids is 1. The summed E-state index contributed by atoms with van der Waals surface area (Å²) in [5.74, 6) is -0.0674. The number of hydrogen-bond acceptors (Lipinski definition) is 4. The first-order valence-electron chi connectivity index (χ1n) is 6.43. The Balaban J connectivity index is 1.81. The Hall–Kier alpha value is -1.33. The van der Waals surface area contributed by atoms with E-state index in [-0.39, 0.29) is 22.9 Å². The van der Waals surface area contributed by atoms with Gasteiger partial charge in [-0.2, -0.15) is 0 Å². The van der Waals surface area contributed by atoms with Crippen LogP contribution in [-0.2, 0) is 4.74 Å². The van der Waals surface area contributed by atoms with E-state index in [9.17, 15) is 4.79 Å². The van der Waals surface area contributed by atoms with Gasteiger partial charge in [0.2, 0.25) is 0 Å². The molecule has 0 bridgehead atoms. The molecule has 1 aromatic rings. The van der Waals surface area contributed by atoms with E-state index in [1.165, 1.54) is 25.0 Å². The zero-order valence-corrected chi connectivity index (χ0v) is 11.1. The summed E-state index contributed by atoms with van der Waals surface area (Å²) in [4.78, 5) is 15.3. The molecule has 1 aliphatic carbocycles. The van der Waals surface area contributed by atoms with Gasteiger partial charge in [-0.15, -0.1) is 0 Å². The molecule has 2 N–H and O–H groups in total. The van der Waals surface area contributed by atoms with Crippen LogP contribution in [0.25, 0.3) is 0 Å². The van der Waals surface area contributed by atoms with Crippen molar-refractivity contribution >= 4 is 23.4 Å². The van der Waals surface area contributed by atoms with Crippen LogP contribution in [0.2, 0.25) is 5.15 Å². The Morgan fingerprint density at radius 2 is 2.21 bits per heavy atom. The molecule has 6 heteroatoms. The third-order valence-electron chi connectivity index (χ3n) is 3.64. The monoisotopic (exact) mass is 282 g/mol. The molecular formula is C13H15ClN2O3. The Bertz CT molecular complexity index is 505. The number of rotatable bonds is 4. The lowest BCUT2D eigenvalue weighted by atomic mass is 10.1. The van der Waals surface area contributed by atoms with Crippen LogP contribution >= 0.6 is 11.6 Å². The van der Waals surface area contributed by atoms with Crippen LogP contribution in [0.4, 0.5) is 5.82 Å². The molecule has 3 rings (SSSR count). The maximum atomic E-state index is 11.2. The molecule has 102 valence electrons. The van der Waals surface area contributed by atoms with Crippen LogP contribution in [0.15, 0.2) is 12.1 Å². The van der Waals surface area contributed by atoms with Crippen LogP contribution in [0.3, 0.4) is 0 Å². The number of nitrogens with zero attached hydrogens (tertiary/aromatic N) is 1. The van der Waals surface area contributed by atoms with Gasteiger partial charge in [0.05, 0.1) is 12.1 Å². The highest BCUT2D eigenvalue weighted by Gasteiger charge is 2.41. The predicted molar refractivity (Wildman–Crippen MR) is 70.7 cm³/mol. The van der Waals surface area contributed by atoms with Crippen molar-refractivity contribution in [3.05, 3.63) is 22.8 Å². The Morgan fingerprint density at radius 3 is 2.89 bits per heavy atom. The number of hydrogen-bond donors (Lipinski definition) is 2. The molecule has 2 fully saturated rings. The van der Waals surface area contributed by atoms with Crippen molar-refractivity contribution in [3.63, 3.8) is 0 Å². The lowest BCUT2D eigenvalue weighted by molar-refractivity contribution is 0.0696. The van der Waals surface area contributed by atoms with E-state index in [0.29, 0.717) is 18.3 Å². The highest BCUT2D eigenvalue weighted by Crippen LogP contribution is 2.39. The zero-order valence-electron chi connectivity index (χ0n) is 10.3. The second-order valence-corrected chi connectivity index (χ2v) is 5.43. The third kappa shape index (κ3) is 2.67. The number of carbonyl (C=O) groups is 1. The van der Waals surface area contributed by atoms with Gasteiger partial charge in [-0.1, -0.05) is 11.6 Å². The maximum absolute atomic E-state index is 11.2. The van der Waals surface area contributed by atoms with Crippen LogP contribution < -0.4 is 5.32 Å². The topological polar surface area (TPSA) is 71.5 Å². The van der Waals surface area contributed by atoms with E-state index in [4.69, 9.17) is 21.4 Å². The zero-order chi connectivity index (χ0) is 13.4. The first-order valence-corrected chi connectivity index (χ1v) is 6.81. The molecule has 0 aromatic carbocycles. The van der Waals surface area contributed by atoms with Crippen LogP contribution in [-0.4, -0.2) is 34.8 Å². The van der Waals surface area contributed by atoms with Crippen molar-refractivity contribution in [1.29, 1.82) is 0 Å². The summed E-state index contributed by atoms with van der Waals surface area (Å²) in [6.45, 7) is 0.710. The summed E-state index contributed by atoms with van der Waals surface area (Å²) in [5.41, 5.74) is 0.144. The van der Waals surface area contributed by atoms with Crippen molar-refractivity contribution in [1.82, 2.24) is 4.98 Å². The van der Waals surface area contributed by atoms with Crippen LogP contribution in [0, 0.1) is 5.92 Å². The number of carboxylic acid groups (broad SMARTS) is 1.